The van der Waals surface area contributed by atoms with Gasteiger partial charge in [-0.05, 0) is 36.4 Å². The summed E-state index contributed by atoms with van der Waals surface area (Å²) in [7, 11) is 0. The minimum Gasteiger partial charge on any atom is -0.399 e. The second-order valence-corrected chi connectivity index (χ2v) is 4.22. The van der Waals surface area contributed by atoms with E-state index in [1.807, 2.05) is 0 Å². The first kappa shape index (κ1) is 12.6. The SMILES string of the molecule is Nc1ccc(Nc2cccc(Cl)c2)c(C(F)F)c1. The third-order valence-electron chi connectivity index (χ3n) is 2.41. The molecule has 18 heavy (non-hydrogen) atoms. The molecule has 0 spiro atoms. The molecule has 0 aliphatic carbocycles. The average molecular weight is 269 g/mol. The van der Waals surface area contributed by atoms with E-state index in [9.17, 15) is 8.78 Å². The summed E-state index contributed by atoms with van der Waals surface area (Å²) < 4.78 is 25.7. The van der Waals surface area contributed by atoms with E-state index in [1.54, 1.807) is 30.3 Å². The Hall–Kier alpha value is -1.81. The molecule has 0 aliphatic rings. The first-order valence-corrected chi connectivity index (χ1v) is 5.64. The Morgan fingerprint density at radius 3 is 2.56 bits per heavy atom. The fourth-order valence-corrected chi connectivity index (χ4v) is 1.79. The lowest BCUT2D eigenvalue weighted by Gasteiger charge is -2.12. The maximum absolute atomic E-state index is 12.9. The van der Waals surface area contributed by atoms with E-state index in [4.69, 9.17) is 17.3 Å². The fraction of sp³-hybridized carbons (Fsp3) is 0.0769. The zero-order chi connectivity index (χ0) is 13.1. The van der Waals surface area contributed by atoms with Crippen LogP contribution in [0.4, 0.5) is 25.8 Å². The van der Waals surface area contributed by atoms with Gasteiger partial charge >= 0.3 is 0 Å². The number of anilines is 3. The van der Waals surface area contributed by atoms with E-state index >= 15 is 0 Å². The van der Waals surface area contributed by atoms with Gasteiger partial charge in [0.1, 0.15) is 0 Å². The van der Waals surface area contributed by atoms with Gasteiger partial charge < -0.3 is 11.1 Å². The highest BCUT2D eigenvalue weighted by Crippen LogP contribution is 2.31. The summed E-state index contributed by atoms with van der Waals surface area (Å²) in [5.41, 5.74) is 6.65. The van der Waals surface area contributed by atoms with Gasteiger partial charge in [-0.3, -0.25) is 0 Å². The van der Waals surface area contributed by atoms with Gasteiger partial charge in [-0.15, -0.1) is 0 Å². The number of nitrogen functional groups attached to an aromatic ring is 1. The number of rotatable bonds is 3. The molecular formula is C13H11ClF2N2. The summed E-state index contributed by atoms with van der Waals surface area (Å²) >= 11 is 5.83. The van der Waals surface area contributed by atoms with Gasteiger partial charge in [-0.1, -0.05) is 17.7 Å². The summed E-state index contributed by atoms with van der Waals surface area (Å²) in [6.45, 7) is 0. The molecule has 0 unspecified atom stereocenters. The van der Waals surface area contributed by atoms with Crippen molar-refractivity contribution >= 4 is 28.7 Å². The maximum Gasteiger partial charge on any atom is 0.265 e. The molecule has 0 bridgehead atoms. The Balaban J connectivity index is 2.34. The van der Waals surface area contributed by atoms with Crippen molar-refractivity contribution in [3.05, 3.63) is 53.1 Å². The minimum atomic E-state index is -2.59. The van der Waals surface area contributed by atoms with Crippen molar-refractivity contribution in [1.29, 1.82) is 0 Å². The molecule has 2 aromatic carbocycles. The zero-order valence-electron chi connectivity index (χ0n) is 9.33. The second-order valence-electron chi connectivity index (χ2n) is 3.78. The topological polar surface area (TPSA) is 38.0 Å². The van der Waals surface area contributed by atoms with Crippen LogP contribution in [-0.2, 0) is 0 Å². The Bertz CT molecular complexity index is 558. The molecule has 0 fully saturated rings. The van der Waals surface area contributed by atoms with Crippen molar-refractivity contribution in [3.63, 3.8) is 0 Å². The highest BCUT2D eigenvalue weighted by atomic mass is 35.5. The van der Waals surface area contributed by atoms with E-state index in [2.05, 4.69) is 5.32 Å². The molecule has 0 aromatic heterocycles. The first-order valence-electron chi connectivity index (χ1n) is 5.26. The number of nitrogens with one attached hydrogen (secondary N) is 1. The van der Waals surface area contributed by atoms with Crippen molar-refractivity contribution in [1.82, 2.24) is 0 Å². The molecule has 2 aromatic rings. The fourth-order valence-electron chi connectivity index (χ4n) is 1.60. The van der Waals surface area contributed by atoms with Crippen molar-refractivity contribution in [3.8, 4) is 0 Å². The number of alkyl halides is 2. The van der Waals surface area contributed by atoms with Crippen molar-refractivity contribution < 1.29 is 8.78 Å². The molecule has 0 aliphatic heterocycles. The summed E-state index contributed by atoms with van der Waals surface area (Å²) in [6.07, 6.45) is -2.59. The number of benzene rings is 2. The number of halogens is 3. The summed E-state index contributed by atoms with van der Waals surface area (Å²) in [5, 5.41) is 3.44. The van der Waals surface area contributed by atoms with E-state index in [-0.39, 0.29) is 5.56 Å². The third kappa shape index (κ3) is 2.90. The van der Waals surface area contributed by atoms with E-state index in [0.29, 0.717) is 22.1 Å². The Kier molecular flexibility index (Phi) is 3.67. The monoisotopic (exact) mass is 268 g/mol. The van der Waals surface area contributed by atoms with Gasteiger partial charge in [0.25, 0.3) is 6.43 Å². The molecule has 0 heterocycles. The largest absolute Gasteiger partial charge is 0.399 e. The van der Waals surface area contributed by atoms with Crippen molar-refractivity contribution in [2.24, 2.45) is 0 Å². The lowest BCUT2D eigenvalue weighted by atomic mass is 10.1. The molecule has 0 saturated carbocycles. The quantitative estimate of drug-likeness (QED) is 0.798. The van der Waals surface area contributed by atoms with Gasteiger partial charge in [0.2, 0.25) is 0 Å². The van der Waals surface area contributed by atoms with Crippen LogP contribution in [0.15, 0.2) is 42.5 Å². The molecule has 0 radical (unpaired) electrons. The molecule has 0 saturated heterocycles. The molecule has 3 N–H and O–H groups in total. The van der Waals surface area contributed by atoms with Gasteiger partial charge in [0.15, 0.2) is 0 Å². The van der Waals surface area contributed by atoms with Crippen LogP contribution >= 0.6 is 11.6 Å². The van der Waals surface area contributed by atoms with Crippen LogP contribution in [0.5, 0.6) is 0 Å². The summed E-state index contributed by atoms with van der Waals surface area (Å²) in [5.74, 6) is 0. The first-order chi connectivity index (χ1) is 8.56. The summed E-state index contributed by atoms with van der Waals surface area (Å²) in [4.78, 5) is 0. The van der Waals surface area contributed by atoms with Crippen LogP contribution in [-0.4, -0.2) is 0 Å². The molecule has 0 atom stereocenters. The molecule has 94 valence electrons. The van der Waals surface area contributed by atoms with E-state index < -0.39 is 6.43 Å². The van der Waals surface area contributed by atoms with Crippen LogP contribution in [0.1, 0.15) is 12.0 Å². The van der Waals surface area contributed by atoms with Crippen LogP contribution in [0.2, 0.25) is 5.02 Å². The smallest absolute Gasteiger partial charge is 0.265 e. The number of hydrogen-bond acceptors (Lipinski definition) is 2. The molecule has 0 amide bonds. The predicted molar refractivity (Wildman–Crippen MR) is 70.5 cm³/mol. The Labute approximate surface area is 108 Å². The van der Waals surface area contributed by atoms with E-state index in [1.165, 1.54) is 12.1 Å². The maximum atomic E-state index is 12.9. The molecule has 2 nitrogen and oxygen atoms in total. The average Bonchev–Trinajstić information content (AvgIpc) is 2.31. The zero-order valence-corrected chi connectivity index (χ0v) is 10.1. The molecule has 5 heteroatoms. The lowest BCUT2D eigenvalue weighted by Crippen LogP contribution is -1.98. The predicted octanol–water partition coefficient (Wildman–Crippen LogP) is 4.60. The van der Waals surface area contributed by atoms with Crippen LogP contribution < -0.4 is 11.1 Å². The van der Waals surface area contributed by atoms with Crippen LogP contribution in [0.25, 0.3) is 0 Å². The number of hydrogen-bond donors (Lipinski definition) is 2. The van der Waals surface area contributed by atoms with Gasteiger partial charge in [-0.25, -0.2) is 8.78 Å². The second kappa shape index (κ2) is 5.23. The van der Waals surface area contributed by atoms with Crippen LogP contribution in [0, 0.1) is 0 Å². The third-order valence-corrected chi connectivity index (χ3v) is 2.65. The number of nitrogens with two attached hydrogens (primary N) is 1. The minimum absolute atomic E-state index is 0.130. The van der Waals surface area contributed by atoms with Gasteiger partial charge in [-0.2, -0.15) is 0 Å². The standard InChI is InChI=1S/C13H11ClF2N2/c14-8-2-1-3-10(6-8)18-12-5-4-9(17)7-11(12)13(15)16/h1-7,13,18H,17H2. The Morgan fingerprint density at radius 1 is 1.11 bits per heavy atom. The normalized spacial score (nSPS) is 10.7. The van der Waals surface area contributed by atoms with Gasteiger partial charge in [0.05, 0.1) is 0 Å². The van der Waals surface area contributed by atoms with Gasteiger partial charge in [0, 0.05) is 27.6 Å². The summed E-state index contributed by atoms with van der Waals surface area (Å²) in [6, 6.07) is 11.2. The van der Waals surface area contributed by atoms with Crippen molar-refractivity contribution in [2.75, 3.05) is 11.1 Å². The molecular weight excluding hydrogens is 258 g/mol. The Morgan fingerprint density at radius 2 is 1.89 bits per heavy atom. The highest BCUT2D eigenvalue weighted by Gasteiger charge is 2.13. The molecule has 2 rings (SSSR count). The van der Waals surface area contributed by atoms with Crippen molar-refractivity contribution in [2.45, 2.75) is 6.43 Å². The van der Waals surface area contributed by atoms with Crippen LogP contribution in [0.3, 0.4) is 0 Å². The van der Waals surface area contributed by atoms with E-state index in [0.717, 1.165) is 0 Å². The highest BCUT2D eigenvalue weighted by molar-refractivity contribution is 6.30. The lowest BCUT2D eigenvalue weighted by molar-refractivity contribution is 0.152.